The molecule has 0 saturated carbocycles. The smallest absolute Gasteiger partial charge is 0.330 e. The fraction of sp³-hybridized carbons (Fsp3) is 0.167. The number of alkyl halides is 2. The molecule has 2 N–H and O–H groups in total. The first-order chi connectivity index (χ1) is 7.64. The number of nitrogen functional groups attached to an aromatic ring is 1. The largest absolute Gasteiger partial charge is 0.393 e. The molecule has 94 valence electrons. The Morgan fingerprint density at radius 1 is 1.53 bits per heavy atom. The zero-order chi connectivity index (χ0) is 13.4. The van der Waals surface area contributed by atoms with Gasteiger partial charge in [-0.05, 0) is 6.07 Å². The molecule has 1 aromatic rings. The highest BCUT2D eigenvalue weighted by molar-refractivity contribution is 8.13. The molecule has 0 spiro atoms. The minimum Gasteiger partial charge on any atom is -0.393 e. The molecule has 0 saturated heterocycles. The van der Waals surface area contributed by atoms with Crippen LogP contribution in [0.15, 0.2) is 11.1 Å². The number of aromatic nitrogens is 1. The SMILES string of the molecule is Nc1cc(C(F)F)nc(S(=O)(=O)Cl)c1[N+](=O)[O-]. The molecular weight excluding hydrogens is 284 g/mol. The lowest BCUT2D eigenvalue weighted by Crippen LogP contribution is -2.08. The van der Waals surface area contributed by atoms with Gasteiger partial charge in [-0.2, -0.15) is 0 Å². The van der Waals surface area contributed by atoms with Crippen LogP contribution in [0.5, 0.6) is 0 Å². The van der Waals surface area contributed by atoms with Gasteiger partial charge in [0.05, 0.1) is 4.92 Å². The molecule has 0 amide bonds. The minimum atomic E-state index is -4.65. The summed E-state index contributed by atoms with van der Waals surface area (Å²) < 4.78 is 46.6. The van der Waals surface area contributed by atoms with Gasteiger partial charge in [-0.3, -0.25) is 10.1 Å². The molecule has 0 atom stereocenters. The lowest BCUT2D eigenvalue weighted by Gasteiger charge is -2.05. The second-order valence-electron chi connectivity index (χ2n) is 2.79. The van der Waals surface area contributed by atoms with E-state index in [1.165, 1.54) is 0 Å². The predicted octanol–water partition coefficient (Wildman–Crippen LogP) is 1.44. The van der Waals surface area contributed by atoms with Crippen molar-refractivity contribution in [2.45, 2.75) is 11.5 Å². The fourth-order valence-corrected chi connectivity index (χ4v) is 1.98. The summed E-state index contributed by atoms with van der Waals surface area (Å²) in [7, 11) is 0.210. The van der Waals surface area contributed by atoms with Crippen molar-refractivity contribution >= 4 is 31.1 Å². The Bertz CT molecular complexity index is 577. The average Bonchev–Trinajstić information content (AvgIpc) is 2.14. The zero-order valence-corrected chi connectivity index (χ0v) is 9.37. The van der Waals surface area contributed by atoms with Gasteiger partial charge in [0.15, 0.2) is 0 Å². The van der Waals surface area contributed by atoms with E-state index in [2.05, 4.69) is 4.98 Å². The second kappa shape index (κ2) is 4.37. The number of hydrogen-bond donors (Lipinski definition) is 1. The van der Waals surface area contributed by atoms with E-state index < -0.39 is 42.5 Å². The van der Waals surface area contributed by atoms with Crippen LogP contribution in [0.2, 0.25) is 0 Å². The van der Waals surface area contributed by atoms with Crippen LogP contribution in [-0.4, -0.2) is 18.3 Å². The van der Waals surface area contributed by atoms with Crippen LogP contribution in [0.1, 0.15) is 12.1 Å². The van der Waals surface area contributed by atoms with Gasteiger partial charge >= 0.3 is 5.69 Å². The predicted molar refractivity (Wildman–Crippen MR) is 53.3 cm³/mol. The van der Waals surface area contributed by atoms with Crippen LogP contribution in [0.4, 0.5) is 20.2 Å². The Kier molecular flexibility index (Phi) is 3.48. The van der Waals surface area contributed by atoms with Gasteiger partial charge in [0, 0.05) is 10.7 Å². The first-order valence-electron chi connectivity index (χ1n) is 3.82. The first-order valence-corrected chi connectivity index (χ1v) is 6.13. The maximum Gasteiger partial charge on any atom is 0.330 e. The van der Waals surface area contributed by atoms with Crippen molar-refractivity contribution in [1.82, 2.24) is 4.98 Å². The van der Waals surface area contributed by atoms with E-state index in [9.17, 15) is 27.3 Å². The summed E-state index contributed by atoms with van der Waals surface area (Å²) in [5, 5.41) is 9.25. The van der Waals surface area contributed by atoms with Gasteiger partial charge in [0.1, 0.15) is 11.4 Å². The van der Waals surface area contributed by atoms with Crippen molar-refractivity contribution in [3.63, 3.8) is 0 Å². The molecule has 0 aliphatic carbocycles. The molecule has 1 aromatic heterocycles. The molecule has 0 radical (unpaired) electrons. The quantitative estimate of drug-likeness (QED) is 0.511. The summed E-state index contributed by atoms with van der Waals surface area (Å²) in [5.41, 5.74) is 2.24. The summed E-state index contributed by atoms with van der Waals surface area (Å²) in [5.74, 6) is 0. The van der Waals surface area contributed by atoms with Gasteiger partial charge in [-0.15, -0.1) is 0 Å². The van der Waals surface area contributed by atoms with Gasteiger partial charge < -0.3 is 5.73 Å². The molecule has 0 bridgehead atoms. The summed E-state index contributed by atoms with van der Waals surface area (Å²) in [6.07, 6.45) is -3.13. The first kappa shape index (κ1) is 13.5. The molecule has 0 aromatic carbocycles. The van der Waals surface area contributed by atoms with Crippen LogP contribution >= 0.6 is 10.7 Å². The number of nitrogens with two attached hydrogens (primary N) is 1. The summed E-state index contributed by atoms with van der Waals surface area (Å²) in [6, 6.07) is 0.522. The molecule has 1 rings (SSSR count). The summed E-state index contributed by atoms with van der Waals surface area (Å²) in [4.78, 5) is 12.3. The van der Waals surface area contributed by atoms with Crippen LogP contribution < -0.4 is 5.73 Å². The average molecular weight is 288 g/mol. The van der Waals surface area contributed by atoms with Crippen LogP contribution in [0.3, 0.4) is 0 Å². The van der Waals surface area contributed by atoms with Gasteiger partial charge in [-0.1, -0.05) is 0 Å². The highest BCUT2D eigenvalue weighted by atomic mass is 35.7. The summed E-state index contributed by atoms with van der Waals surface area (Å²) >= 11 is 0. The van der Waals surface area contributed by atoms with E-state index in [-0.39, 0.29) is 0 Å². The summed E-state index contributed by atoms with van der Waals surface area (Å²) in [6.45, 7) is 0. The number of anilines is 1. The lowest BCUT2D eigenvalue weighted by molar-refractivity contribution is -0.387. The molecule has 1 heterocycles. The lowest BCUT2D eigenvalue weighted by atomic mass is 10.3. The number of halogens is 3. The van der Waals surface area contributed by atoms with Crippen molar-refractivity contribution in [3.05, 3.63) is 21.9 Å². The van der Waals surface area contributed by atoms with Gasteiger partial charge in [0.2, 0.25) is 0 Å². The maximum absolute atomic E-state index is 12.3. The van der Waals surface area contributed by atoms with Crippen molar-refractivity contribution in [3.8, 4) is 0 Å². The normalized spacial score (nSPS) is 11.8. The standard InChI is InChI=1S/C6H4ClF2N3O4S/c7-17(15,16)6-4(12(13)14)2(10)1-3(11-6)5(8)9/h1,5H,(H2,10,11). The van der Waals surface area contributed by atoms with Gasteiger partial charge in [0.25, 0.3) is 20.5 Å². The molecule has 11 heteroatoms. The van der Waals surface area contributed by atoms with Crippen LogP contribution in [-0.2, 0) is 9.05 Å². The molecule has 0 aliphatic rings. The topological polar surface area (TPSA) is 116 Å². The molecule has 17 heavy (non-hydrogen) atoms. The van der Waals surface area contributed by atoms with Crippen molar-refractivity contribution in [2.24, 2.45) is 0 Å². The second-order valence-corrected chi connectivity index (χ2v) is 5.27. The van der Waals surface area contributed by atoms with E-state index in [0.29, 0.717) is 6.07 Å². The van der Waals surface area contributed by atoms with Crippen LogP contribution in [0, 0.1) is 10.1 Å². The molecule has 0 fully saturated rings. The van der Waals surface area contributed by atoms with E-state index in [1.54, 1.807) is 0 Å². The van der Waals surface area contributed by atoms with E-state index in [0.717, 1.165) is 0 Å². The Labute approximate surface area is 97.8 Å². The highest BCUT2D eigenvalue weighted by Crippen LogP contribution is 2.33. The van der Waals surface area contributed by atoms with Crippen molar-refractivity contribution < 1.29 is 22.1 Å². The third-order valence-electron chi connectivity index (χ3n) is 1.65. The Morgan fingerprint density at radius 2 is 2.06 bits per heavy atom. The molecular formula is C6H4ClF2N3O4S. The van der Waals surface area contributed by atoms with Crippen molar-refractivity contribution in [2.75, 3.05) is 5.73 Å². The minimum absolute atomic E-state index is 0.522. The Hall–Kier alpha value is -1.55. The Morgan fingerprint density at radius 3 is 2.41 bits per heavy atom. The molecule has 0 unspecified atom stereocenters. The third kappa shape index (κ3) is 2.77. The number of nitro groups is 1. The molecule has 7 nitrogen and oxygen atoms in total. The number of pyridine rings is 1. The van der Waals surface area contributed by atoms with Crippen LogP contribution in [0.25, 0.3) is 0 Å². The zero-order valence-electron chi connectivity index (χ0n) is 7.80. The monoisotopic (exact) mass is 287 g/mol. The highest BCUT2D eigenvalue weighted by Gasteiger charge is 2.31. The van der Waals surface area contributed by atoms with E-state index >= 15 is 0 Å². The Balaban J connectivity index is 3.69. The van der Waals surface area contributed by atoms with Crippen molar-refractivity contribution in [1.29, 1.82) is 0 Å². The van der Waals surface area contributed by atoms with E-state index in [4.69, 9.17) is 16.4 Å². The third-order valence-corrected chi connectivity index (χ3v) is 2.83. The maximum atomic E-state index is 12.3. The molecule has 0 aliphatic heterocycles. The number of rotatable bonds is 3. The number of hydrogen-bond acceptors (Lipinski definition) is 6. The van der Waals surface area contributed by atoms with Gasteiger partial charge in [-0.25, -0.2) is 22.2 Å². The van der Waals surface area contributed by atoms with E-state index in [1.807, 2.05) is 0 Å². The number of nitrogens with zero attached hydrogens (tertiary/aromatic N) is 2. The fourth-order valence-electron chi connectivity index (χ4n) is 1.02.